The Labute approximate surface area is 357 Å². The number of anilines is 3. The van der Waals surface area contributed by atoms with E-state index in [1.165, 1.54) is 18.7 Å². The Balaban J connectivity index is 0.000000193. The fraction of sp³-hybridized carbons (Fsp3) is 0.0833. The lowest BCUT2D eigenvalue weighted by Gasteiger charge is -2.05. The van der Waals surface area contributed by atoms with Gasteiger partial charge in [-0.05, 0) is 76.6 Å². The van der Waals surface area contributed by atoms with E-state index in [-0.39, 0.29) is 26.7 Å². The number of carbonyl (C=O) groups is 4. The molecule has 3 aromatic heterocycles. The van der Waals surface area contributed by atoms with E-state index in [1.807, 2.05) is 36.4 Å². The van der Waals surface area contributed by atoms with Crippen LogP contribution in [-0.2, 0) is 10.5 Å². The standard InChI is InChI=1S/C14H13N3O2S2.C11H9N3O3S2.C11H7N3O2S2/c1-9(18)16-13-12(7-15)14(17-21-13)20-8-10-3-5-11(19-2)6-4-10;12-8(15)7-9(18)14-19-10(7)13-11(16)17-6-4-2-1-3-5-6;12-6-8-9(17)14-18-10(8)13-11(15)16-7-4-2-1-3-5-7/h3-6H,8H2,1-2H3,(H,16,18);1-5H,(H2,12,15)(H,13,16)(H,14,18);1-5H,(H,13,15)(H,14,17). The number of H-pyrrole nitrogens is 2. The first-order chi connectivity index (χ1) is 27.9. The van der Waals surface area contributed by atoms with Crippen molar-refractivity contribution in [2.24, 2.45) is 5.73 Å². The third kappa shape index (κ3) is 13.4. The van der Waals surface area contributed by atoms with Gasteiger partial charge in [-0.2, -0.15) is 14.9 Å². The highest BCUT2D eigenvalue weighted by Crippen LogP contribution is 2.33. The Morgan fingerprint density at radius 2 is 1.29 bits per heavy atom. The molecule has 0 spiro atoms. The van der Waals surface area contributed by atoms with Crippen molar-refractivity contribution < 1.29 is 33.4 Å². The van der Waals surface area contributed by atoms with Crippen molar-refractivity contribution in [2.75, 3.05) is 23.1 Å². The van der Waals surface area contributed by atoms with Crippen LogP contribution in [0.2, 0.25) is 0 Å². The molecular formula is C36H29N9O7S6. The lowest BCUT2D eigenvalue weighted by Crippen LogP contribution is -2.19. The first-order valence-electron chi connectivity index (χ1n) is 16.1. The Morgan fingerprint density at radius 3 is 1.81 bits per heavy atom. The fourth-order valence-corrected chi connectivity index (χ4v) is 8.14. The van der Waals surface area contributed by atoms with Crippen LogP contribution in [0.25, 0.3) is 0 Å². The summed E-state index contributed by atoms with van der Waals surface area (Å²) in [5.41, 5.74) is 7.02. The van der Waals surface area contributed by atoms with Gasteiger partial charge in [0.05, 0.1) is 7.11 Å². The zero-order valence-electron chi connectivity index (χ0n) is 30.0. The summed E-state index contributed by atoms with van der Waals surface area (Å²) in [7, 11) is 1.63. The van der Waals surface area contributed by atoms with Crippen LogP contribution in [0, 0.1) is 31.9 Å². The van der Waals surface area contributed by atoms with Crippen LogP contribution in [0.4, 0.5) is 24.6 Å². The molecule has 0 bridgehead atoms. The van der Waals surface area contributed by atoms with Crippen LogP contribution in [0.3, 0.4) is 0 Å². The summed E-state index contributed by atoms with van der Waals surface area (Å²) in [5, 5.41) is 27.3. The SMILES string of the molecule is COc1ccc(CSc2nsc(NC(C)=O)c2C#N)cc1.N#Cc1c(NC(=O)Oc2ccccc2)s[nH]c1=S.NC(=O)c1c(NC(=O)Oc2ccccc2)s[nH]c1=S. The van der Waals surface area contributed by atoms with Gasteiger partial charge in [0, 0.05) is 12.7 Å². The molecule has 0 saturated heterocycles. The molecule has 6 aromatic rings. The molecule has 0 fully saturated rings. The Bertz CT molecular complexity index is 2560. The number of carbonyl (C=O) groups excluding carboxylic acids is 4. The molecular weight excluding hydrogens is 863 g/mol. The van der Waals surface area contributed by atoms with Crippen molar-refractivity contribution in [1.29, 1.82) is 10.5 Å². The molecule has 22 heteroatoms. The van der Waals surface area contributed by atoms with E-state index in [1.54, 1.807) is 61.7 Å². The van der Waals surface area contributed by atoms with Crippen molar-refractivity contribution in [2.45, 2.75) is 17.7 Å². The molecule has 58 heavy (non-hydrogen) atoms. The van der Waals surface area contributed by atoms with E-state index in [0.29, 0.717) is 42.5 Å². The summed E-state index contributed by atoms with van der Waals surface area (Å²) < 4.78 is 25.3. The third-order valence-corrected chi connectivity index (χ3v) is 11.1. The van der Waals surface area contributed by atoms with Gasteiger partial charge >= 0.3 is 12.2 Å². The second-order valence-electron chi connectivity index (χ2n) is 10.7. The smallest absolute Gasteiger partial charge is 0.417 e. The van der Waals surface area contributed by atoms with Crippen LogP contribution in [-0.4, -0.2) is 44.2 Å². The summed E-state index contributed by atoms with van der Waals surface area (Å²) in [6.07, 6.45) is -1.39. The summed E-state index contributed by atoms with van der Waals surface area (Å²) in [6.45, 7) is 1.41. The molecule has 0 aliphatic rings. The molecule has 0 saturated carbocycles. The number of hydrogen-bond donors (Lipinski definition) is 6. The number of ether oxygens (including phenoxy) is 3. The number of benzene rings is 3. The van der Waals surface area contributed by atoms with Gasteiger partial charge in [-0.25, -0.2) is 9.59 Å². The van der Waals surface area contributed by atoms with Crippen molar-refractivity contribution in [3.63, 3.8) is 0 Å². The zero-order chi connectivity index (χ0) is 42.0. The van der Waals surface area contributed by atoms with Crippen molar-refractivity contribution in [3.05, 3.63) is 116 Å². The van der Waals surface area contributed by atoms with Gasteiger partial charge in [-0.1, -0.05) is 84.7 Å². The highest BCUT2D eigenvalue weighted by Gasteiger charge is 2.17. The van der Waals surface area contributed by atoms with Crippen molar-refractivity contribution in [1.82, 2.24) is 13.1 Å². The summed E-state index contributed by atoms with van der Waals surface area (Å²) >= 11 is 14.5. The second kappa shape index (κ2) is 22.4. The third-order valence-electron chi connectivity index (χ3n) is 6.69. The largest absolute Gasteiger partial charge is 0.497 e. The van der Waals surface area contributed by atoms with Crippen LogP contribution in [0.1, 0.15) is 34.0 Å². The molecule has 16 nitrogen and oxygen atoms in total. The number of nitrogens with two attached hydrogens (primary N) is 1. The topological polar surface area (TPSA) is 250 Å². The van der Waals surface area contributed by atoms with Gasteiger partial charge in [0.1, 0.15) is 75.4 Å². The Hall–Kier alpha value is -6.40. The van der Waals surface area contributed by atoms with Gasteiger partial charge in [0.15, 0.2) is 0 Å². The van der Waals surface area contributed by atoms with Crippen LogP contribution in [0.5, 0.6) is 17.2 Å². The number of nitrogens with one attached hydrogen (secondary N) is 5. The summed E-state index contributed by atoms with van der Waals surface area (Å²) in [4.78, 5) is 45.5. The van der Waals surface area contributed by atoms with Gasteiger partial charge < -0.3 is 25.3 Å². The lowest BCUT2D eigenvalue weighted by atomic mass is 10.2. The van der Waals surface area contributed by atoms with E-state index < -0.39 is 18.1 Å². The number of aromatic nitrogens is 3. The molecule has 296 valence electrons. The molecule has 0 unspecified atom stereocenters. The minimum atomic E-state index is -0.723. The first-order valence-corrected chi connectivity index (χ1v) is 20.3. The molecule has 3 heterocycles. The zero-order valence-corrected chi connectivity index (χ0v) is 34.9. The first kappa shape index (κ1) is 44.3. The predicted molar refractivity (Wildman–Crippen MR) is 228 cm³/mol. The van der Waals surface area contributed by atoms with Crippen molar-refractivity contribution >= 4 is 110 Å². The number of rotatable bonds is 10. The number of para-hydroxylation sites is 2. The van der Waals surface area contributed by atoms with E-state index in [2.05, 4.69) is 35.1 Å². The molecule has 0 aliphatic heterocycles. The van der Waals surface area contributed by atoms with E-state index in [0.717, 1.165) is 45.9 Å². The minimum Gasteiger partial charge on any atom is -0.497 e. The monoisotopic (exact) mass is 891 g/mol. The highest BCUT2D eigenvalue weighted by atomic mass is 32.2. The molecule has 6 rings (SSSR count). The van der Waals surface area contributed by atoms with Crippen molar-refractivity contribution in [3.8, 4) is 29.4 Å². The maximum atomic E-state index is 11.6. The normalized spacial score (nSPS) is 9.79. The maximum Gasteiger partial charge on any atom is 0.417 e. The minimum absolute atomic E-state index is 0.0741. The van der Waals surface area contributed by atoms with Crippen LogP contribution in [0.15, 0.2) is 90.0 Å². The van der Waals surface area contributed by atoms with E-state index in [4.69, 9.17) is 49.6 Å². The Morgan fingerprint density at radius 1 is 0.759 bits per heavy atom. The second-order valence-corrected chi connectivity index (χ2v) is 14.9. The number of nitriles is 2. The maximum absolute atomic E-state index is 11.6. The molecule has 0 atom stereocenters. The predicted octanol–water partition coefficient (Wildman–Crippen LogP) is 9.08. The summed E-state index contributed by atoms with van der Waals surface area (Å²) in [5.74, 6) is 1.40. The van der Waals surface area contributed by atoms with Gasteiger partial charge in [0.25, 0.3) is 5.91 Å². The average Bonchev–Trinajstić information content (AvgIpc) is 3.89. The van der Waals surface area contributed by atoms with Crippen LogP contribution < -0.4 is 35.9 Å². The Kier molecular flexibility index (Phi) is 17.1. The number of methoxy groups -OCH3 is 1. The number of thioether (sulfide) groups is 1. The van der Waals surface area contributed by atoms with E-state index >= 15 is 0 Å². The van der Waals surface area contributed by atoms with E-state index in [9.17, 15) is 24.4 Å². The summed E-state index contributed by atoms with van der Waals surface area (Å²) in [6, 6.07) is 28.9. The number of amides is 4. The average molecular weight is 892 g/mol. The highest BCUT2D eigenvalue weighted by molar-refractivity contribution is 7.98. The number of hydrogen-bond acceptors (Lipinski definition) is 16. The van der Waals surface area contributed by atoms with Crippen LogP contribution >= 0.6 is 70.8 Å². The molecule has 3 aromatic carbocycles. The molecule has 7 N–H and O–H groups in total. The molecule has 0 aliphatic carbocycles. The fourth-order valence-electron chi connectivity index (χ4n) is 4.13. The molecule has 0 radical (unpaired) electrons. The lowest BCUT2D eigenvalue weighted by molar-refractivity contribution is -0.114. The number of aromatic amines is 2. The van der Waals surface area contributed by atoms with Gasteiger partial charge in [0.2, 0.25) is 5.91 Å². The van der Waals surface area contributed by atoms with Gasteiger partial charge in [-0.15, -0.1) is 0 Å². The number of nitrogens with zero attached hydrogens (tertiary/aromatic N) is 3. The van der Waals surface area contributed by atoms with Gasteiger partial charge in [-0.3, -0.25) is 29.0 Å². The molecule has 4 amide bonds. The number of primary amides is 1. The quantitative estimate of drug-likeness (QED) is 0.0555.